The fraction of sp³-hybridized carbons (Fsp3) is 0.700. The van der Waals surface area contributed by atoms with Crippen molar-refractivity contribution in [2.45, 2.75) is 31.9 Å². The van der Waals surface area contributed by atoms with Gasteiger partial charge in [0.25, 0.3) is 0 Å². The number of aromatic nitrogens is 1. The molecule has 4 heteroatoms. The van der Waals surface area contributed by atoms with Crippen LogP contribution in [0, 0.1) is 0 Å². The normalized spacial score (nSPS) is 23.9. The van der Waals surface area contributed by atoms with E-state index in [-0.39, 0.29) is 0 Å². The summed E-state index contributed by atoms with van der Waals surface area (Å²) in [6.45, 7) is 4.02. The van der Waals surface area contributed by atoms with Gasteiger partial charge in [-0.1, -0.05) is 0 Å². The fourth-order valence-electron chi connectivity index (χ4n) is 1.65. The zero-order valence-electron chi connectivity index (χ0n) is 8.40. The smallest absolute Gasteiger partial charge is 0.109 e. The van der Waals surface area contributed by atoms with Crippen LogP contribution in [0.1, 0.15) is 30.8 Å². The average molecular weight is 212 g/mol. The Morgan fingerprint density at radius 3 is 3.36 bits per heavy atom. The van der Waals surface area contributed by atoms with E-state index in [1.807, 2.05) is 11.6 Å². The van der Waals surface area contributed by atoms with Gasteiger partial charge in [0.2, 0.25) is 0 Å². The number of rotatable bonds is 4. The van der Waals surface area contributed by atoms with E-state index in [4.69, 9.17) is 4.74 Å². The summed E-state index contributed by atoms with van der Waals surface area (Å²) in [4.78, 5) is 4.28. The molecular formula is C10H16N2OS. The Kier molecular flexibility index (Phi) is 3.50. The molecule has 2 rings (SSSR count). The number of nitrogens with zero attached hydrogens (tertiary/aromatic N) is 1. The first-order valence-electron chi connectivity index (χ1n) is 5.10. The van der Waals surface area contributed by atoms with E-state index < -0.39 is 0 Å². The van der Waals surface area contributed by atoms with E-state index in [1.165, 1.54) is 12.8 Å². The summed E-state index contributed by atoms with van der Waals surface area (Å²) < 4.78 is 5.54. The van der Waals surface area contributed by atoms with Crippen LogP contribution < -0.4 is 5.32 Å². The lowest BCUT2D eigenvalue weighted by Crippen LogP contribution is -2.28. The molecule has 0 spiro atoms. The van der Waals surface area contributed by atoms with Gasteiger partial charge in [-0.05, 0) is 19.8 Å². The lowest BCUT2D eigenvalue weighted by molar-refractivity contribution is 0.108. The molecule has 1 aromatic rings. The minimum Gasteiger partial charge on any atom is -0.377 e. The molecule has 0 saturated carbocycles. The lowest BCUT2D eigenvalue weighted by Gasteiger charge is -2.14. The van der Waals surface area contributed by atoms with Crippen LogP contribution >= 0.6 is 11.3 Å². The molecule has 1 aliphatic heterocycles. The van der Waals surface area contributed by atoms with Gasteiger partial charge in [0.1, 0.15) is 5.01 Å². The summed E-state index contributed by atoms with van der Waals surface area (Å²) in [5.74, 6) is 0. The molecule has 1 aromatic heterocycles. The summed E-state index contributed by atoms with van der Waals surface area (Å²) in [5.41, 5.74) is 0. The van der Waals surface area contributed by atoms with Crippen LogP contribution in [0.15, 0.2) is 11.6 Å². The van der Waals surface area contributed by atoms with Gasteiger partial charge in [-0.25, -0.2) is 4.98 Å². The van der Waals surface area contributed by atoms with Crippen molar-refractivity contribution in [3.63, 3.8) is 0 Å². The monoisotopic (exact) mass is 212 g/mol. The third kappa shape index (κ3) is 2.53. The topological polar surface area (TPSA) is 34.1 Å². The second kappa shape index (κ2) is 4.87. The Labute approximate surface area is 88.5 Å². The highest BCUT2D eigenvalue weighted by molar-refractivity contribution is 7.09. The molecule has 3 nitrogen and oxygen atoms in total. The van der Waals surface area contributed by atoms with Crippen LogP contribution in [0.4, 0.5) is 0 Å². The first kappa shape index (κ1) is 10.1. The predicted octanol–water partition coefficient (Wildman–Crippen LogP) is 1.97. The molecule has 2 heterocycles. The van der Waals surface area contributed by atoms with Crippen molar-refractivity contribution in [3.8, 4) is 0 Å². The number of nitrogens with one attached hydrogen (secondary N) is 1. The second-order valence-electron chi connectivity index (χ2n) is 3.64. The fourth-order valence-corrected chi connectivity index (χ4v) is 2.32. The van der Waals surface area contributed by atoms with Gasteiger partial charge in [0.15, 0.2) is 0 Å². The molecule has 0 aromatic carbocycles. The molecule has 1 fully saturated rings. The van der Waals surface area contributed by atoms with Crippen molar-refractivity contribution in [2.75, 3.05) is 13.2 Å². The standard InChI is InChI=1S/C10H16N2OS/c1-8(10-11-4-6-14-10)12-7-9-3-2-5-13-9/h4,6,8-9,12H,2-3,5,7H2,1H3/t8-,9-/m0/s1. The van der Waals surface area contributed by atoms with Crippen LogP contribution in [0.5, 0.6) is 0 Å². The largest absolute Gasteiger partial charge is 0.377 e. The van der Waals surface area contributed by atoms with Gasteiger partial charge in [-0.15, -0.1) is 11.3 Å². The van der Waals surface area contributed by atoms with Crippen molar-refractivity contribution in [3.05, 3.63) is 16.6 Å². The van der Waals surface area contributed by atoms with Gasteiger partial charge < -0.3 is 10.1 Å². The summed E-state index contributed by atoms with van der Waals surface area (Å²) in [5, 5.41) is 6.62. The molecule has 0 bridgehead atoms. The van der Waals surface area contributed by atoms with Gasteiger partial charge in [0.05, 0.1) is 12.1 Å². The van der Waals surface area contributed by atoms with E-state index in [0.29, 0.717) is 12.1 Å². The van der Waals surface area contributed by atoms with Crippen molar-refractivity contribution in [2.24, 2.45) is 0 Å². The number of thiazole rings is 1. The maximum absolute atomic E-state index is 5.54. The molecule has 0 radical (unpaired) electrons. The third-order valence-electron chi connectivity index (χ3n) is 2.50. The molecule has 78 valence electrons. The van der Waals surface area contributed by atoms with E-state index >= 15 is 0 Å². The highest BCUT2D eigenvalue weighted by atomic mass is 32.1. The van der Waals surface area contributed by atoms with E-state index in [1.54, 1.807) is 11.3 Å². The van der Waals surface area contributed by atoms with Crippen LogP contribution in [0.25, 0.3) is 0 Å². The van der Waals surface area contributed by atoms with Crippen LogP contribution in [0.3, 0.4) is 0 Å². The molecule has 0 aliphatic carbocycles. The maximum atomic E-state index is 5.54. The van der Waals surface area contributed by atoms with E-state index in [9.17, 15) is 0 Å². The highest BCUT2D eigenvalue weighted by Gasteiger charge is 2.16. The van der Waals surface area contributed by atoms with Crippen molar-refractivity contribution in [1.29, 1.82) is 0 Å². The Bertz CT molecular complexity index is 257. The average Bonchev–Trinajstić information content (AvgIpc) is 2.87. The Balaban J connectivity index is 1.74. The molecule has 1 aliphatic rings. The molecule has 1 N–H and O–H groups in total. The first-order chi connectivity index (χ1) is 6.86. The van der Waals surface area contributed by atoms with E-state index in [2.05, 4.69) is 17.2 Å². The Morgan fingerprint density at radius 2 is 2.71 bits per heavy atom. The first-order valence-corrected chi connectivity index (χ1v) is 5.98. The Hall–Kier alpha value is -0.450. The number of hydrogen-bond donors (Lipinski definition) is 1. The van der Waals surface area contributed by atoms with Crippen molar-refractivity contribution in [1.82, 2.24) is 10.3 Å². The molecule has 14 heavy (non-hydrogen) atoms. The minimum atomic E-state index is 0.346. The van der Waals surface area contributed by atoms with Gasteiger partial charge in [-0.2, -0.15) is 0 Å². The minimum absolute atomic E-state index is 0.346. The highest BCUT2D eigenvalue weighted by Crippen LogP contribution is 2.16. The maximum Gasteiger partial charge on any atom is 0.109 e. The Morgan fingerprint density at radius 1 is 1.79 bits per heavy atom. The molecule has 0 unspecified atom stereocenters. The molecule has 2 atom stereocenters. The molecular weight excluding hydrogens is 196 g/mol. The van der Waals surface area contributed by atoms with Crippen molar-refractivity contribution < 1.29 is 4.74 Å². The van der Waals surface area contributed by atoms with Gasteiger partial charge >= 0.3 is 0 Å². The zero-order valence-corrected chi connectivity index (χ0v) is 9.22. The van der Waals surface area contributed by atoms with Crippen molar-refractivity contribution >= 4 is 11.3 Å². The van der Waals surface area contributed by atoms with Crippen LogP contribution in [0.2, 0.25) is 0 Å². The van der Waals surface area contributed by atoms with E-state index in [0.717, 1.165) is 18.2 Å². The summed E-state index contributed by atoms with van der Waals surface area (Å²) >= 11 is 1.70. The SMILES string of the molecule is C[C@H](NC[C@@H]1CCCO1)c1nccs1. The lowest BCUT2D eigenvalue weighted by atomic mass is 10.2. The summed E-state index contributed by atoms with van der Waals surface area (Å²) in [6, 6.07) is 0.346. The second-order valence-corrected chi connectivity index (χ2v) is 4.56. The number of hydrogen-bond acceptors (Lipinski definition) is 4. The molecule has 1 saturated heterocycles. The predicted molar refractivity (Wildman–Crippen MR) is 57.5 cm³/mol. The third-order valence-corrected chi connectivity index (χ3v) is 3.46. The van der Waals surface area contributed by atoms with Gasteiger partial charge in [-0.3, -0.25) is 0 Å². The zero-order chi connectivity index (χ0) is 9.80. The summed E-state index contributed by atoms with van der Waals surface area (Å²) in [7, 11) is 0. The quantitative estimate of drug-likeness (QED) is 0.828. The summed E-state index contributed by atoms with van der Waals surface area (Å²) in [6.07, 6.45) is 4.66. The van der Waals surface area contributed by atoms with Crippen LogP contribution in [-0.2, 0) is 4.74 Å². The van der Waals surface area contributed by atoms with Crippen LogP contribution in [-0.4, -0.2) is 24.2 Å². The number of ether oxygens (including phenoxy) is 1. The van der Waals surface area contributed by atoms with Gasteiger partial charge in [0, 0.05) is 24.7 Å². The molecule has 0 amide bonds.